The van der Waals surface area contributed by atoms with Gasteiger partial charge < -0.3 is 20.5 Å². The number of ketones is 1. The first-order valence-electron chi connectivity index (χ1n) is 10.9. The molecule has 2 aromatic carbocycles. The molecule has 3 aromatic rings. The number of aromatic hydroxyl groups is 1. The second kappa shape index (κ2) is 8.09. The fourth-order valence-electron chi connectivity index (χ4n) is 4.62. The molecule has 0 bridgehead atoms. The van der Waals surface area contributed by atoms with Crippen molar-refractivity contribution in [2.45, 2.75) is 32.1 Å². The summed E-state index contributed by atoms with van der Waals surface area (Å²) in [6, 6.07) is 12.5. The van der Waals surface area contributed by atoms with E-state index < -0.39 is 5.97 Å². The summed E-state index contributed by atoms with van der Waals surface area (Å²) in [7, 11) is 0. The van der Waals surface area contributed by atoms with Crippen LogP contribution >= 0.6 is 0 Å². The number of hydrogen-bond acceptors (Lipinski definition) is 4. The highest BCUT2D eigenvalue weighted by Crippen LogP contribution is 2.38. The van der Waals surface area contributed by atoms with Crippen molar-refractivity contribution in [3.8, 4) is 16.9 Å². The largest absolute Gasteiger partial charge is 0.508 e. The van der Waals surface area contributed by atoms with Crippen LogP contribution in [-0.2, 0) is 22.4 Å². The van der Waals surface area contributed by atoms with Gasteiger partial charge in [0.05, 0.1) is 5.57 Å². The van der Waals surface area contributed by atoms with E-state index in [1.165, 1.54) is 0 Å². The summed E-state index contributed by atoms with van der Waals surface area (Å²) in [5.41, 5.74) is 6.40. The van der Waals surface area contributed by atoms with Gasteiger partial charge in [-0.2, -0.15) is 0 Å². The number of aliphatic carboxylic acids is 1. The fraction of sp³-hybridized carbons (Fsp3) is 0.192. The second-order valence-corrected chi connectivity index (χ2v) is 8.36. The molecule has 1 aliphatic carbocycles. The summed E-state index contributed by atoms with van der Waals surface area (Å²) >= 11 is 0. The van der Waals surface area contributed by atoms with Gasteiger partial charge >= 0.3 is 5.97 Å². The van der Waals surface area contributed by atoms with Gasteiger partial charge in [-0.15, -0.1) is 0 Å². The van der Waals surface area contributed by atoms with Crippen LogP contribution in [0.2, 0.25) is 0 Å². The molecule has 7 heteroatoms. The second-order valence-electron chi connectivity index (χ2n) is 8.36. The summed E-state index contributed by atoms with van der Waals surface area (Å²) in [6.07, 6.45) is 3.79. The van der Waals surface area contributed by atoms with E-state index in [2.05, 4.69) is 10.3 Å². The Hall–Kier alpha value is -4.13. The van der Waals surface area contributed by atoms with E-state index in [0.717, 1.165) is 35.2 Å². The first-order chi connectivity index (χ1) is 15.9. The lowest BCUT2D eigenvalue weighted by Crippen LogP contribution is -2.11. The summed E-state index contributed by atoms with van der Waals surface area (Å²) in [6.45, 7) is 0. The predicted molar refractivity (Wildman–Crippen MR) is 124 cm³/mol. The average molecular weight is 442 g/mol. The maximum atomic E-state index is 12.8. The minimum absolute atomic E-state index is 0.0207. The van der Waals surface area contributed by atoms with Crippen molar-refractivity contribution in [2.24, 2.45) is 0 Å². The zero-order valence-corrected chi connectivity index (χ0v) is 17.8. The smallest absolute Gasteiger partial charge is 0.303 e. The number of anilines is 1. The number of carbonyl (C=O) groups excluding carboxylic acids is 2. The molecule has 7 nitrogen and oxygen atoms in total. The number of carboxylic acid groups (broad SMARTS) is 1. The number of carboxylic acids is 1. The van der Waals surface area contributed by atoms with Crippen LogP contribution in [0.4, 0.5) is 5.69 Å². The van der Waals surface area contributed by atoms with Gasteiger partial charge in [0.2, 0.25) is 0 Å². The zero-order chi connectivity index (χ0) is 23.1. The van der Waals surface area contributed by atoms with Crippen LogP contribution in [0.5, 0.6) is 5.75 Å². The number of Topliss-reactive ketones (excluding diaryl/α,β-unsaturated/α-hetero) is 1. The topological polar surface area (TPSA) is 119 Å². The molecule has 4 N–H and O–H groups in total. The molecule has 166 valence electrons. The first-order valence-corrected chi connectivity index (χ1v) is 10.9. The van der Waals surface area contributed by atoms with Crippen molar-refractivity contribution >= 4 is 35.0 Å². The Balaban J connectivity index is 1.56. The predicted octanol–water partition coefficient (Wildman–Crippen LogP) is 4.42. The molecule has 1 aromatic heterocycles. The molecule has 2 heterocycles. The van der Waals surface area contributed by atoms with Gasteiger partial charge in [0, 0.05) is 41.0 Å². The van der Waals surface area contributed by atoms with Crippen LogP contribution in [0.3, 0.4) is 0 Å². The van der Waals surface area contributed by atoms with Crippen LogP contribution in [0, 0.1) is 0 Å². The molecule has 5 rings (SSSR count). The van der Waals surface area contributed by atoms with E-state index in [1.54, 1.807) is 30.3 Å². The Morgan fingerprint density at radius 3 is 2.55 bits per heavy atom. The highest BCUT2D eigenvalue weighted by molar-refractivity contribution is 6.35. The zero-order valence-electron chi connectivity index (χ0n) is 17.8. The maximum Gasteiger partial charge on any atom is 0.303 e. The molecule has 0 unspecified atom stereocenters. The Bertz CT molecular complexity index is 1330. The molecule has 0 radical (unpaired) electrons. The van der Waals surface area contributed by atoms with E-state index in [9.17, 15) is 24.6 Å². The van der Waals surface area contributed by atoms with Crippen molar-refractivity contribution in [3.63, 3.8) is 0 Å². The molecule has 0 saturated heterocycles. The minimum Gasteiger partial charge on any atom is -0.508 e. The van der Waals surface area contributed by atoms with Gasteiger partial charge in [0.15, 0.2) is 5.78 Å². The lowest BCUT2D eigenvalue weighted by Gasteiger charge is -2.11. The molecular weight excluding hydrogens is 420 g/mol. The standard InChI is InChI=1S/C26H22N2O5/c29-16-7-4-14(5-8-16)15-6-9-17-19(26(33)28-21(17)12-15)13-22-18(10-11-24(31)32)25-20(27-22)2-1-3-23(25)30/h4-9,12-13,27,29H,1-3,10-11H2,(H,28,33)(H,31,32)/b19-13-. The maximum absolute atomic E-state index is 12.8. The number of carbonyl (C=O) groups is 3. The number of phenols is 1. The number of fused-ring (bicyclic) bond motifs is 2. The first kappa shape index (κ1) is 20.8. The number of phenolic OH excluding ortho intramolecular Hbond substituents is 1. The molecule has 0 spiro atoms. The van der Waals surface area contributed by atoms with Gasteiger partial charge in [-0.05, 0) is 60.2 Å². The van der Waals surface area contributed by atoms with Crippen LogP contribution < -0.4 is 5.32 Å². The molecule has 1 aliphatic heterocycles. The Morgan fingerprint density at radius 2 is 1.79 bits per heavy atom. The highest BCUT2D eigenvalue weighted by Gasteiger charge is 2.29. The summed E-state index contributed by atoms with van der Waals surface area (Å²) in [5.74, 6) is -0.981. The third kappa shape index (κ3) is 3.82. The van der Waals surface area contributed by atoms with E-state index >= 15 is 0 Å². The number of nitrogens with one attached hydrogen (secondary N) is 2. The van der Waals surface area contributed by atoms with Crippen molar-refractivity contribution in [1.29, 1.82) is 0 Å². The van der Waals surface area contributed by atoms with E-state index in [-0.39, 0.29) is 30.3 Å². The van der Waals surface area contributed by atoms with Crippen LogP contribution in [0.25, 0.3) is 22.8 Å². The SMILES string of the molecule is O=C(O)CCc1c(/C=C2\C(=O)Nc3cc(-c4ccc(O)cc4)ccc32)[nH]c2c1C(=O)CCC2. The number of aryl methyl sites for hydroxylation is 1. The van der Waals surface area contributed by atoms with Gasteiger partial charge in [-0.1, -0.05) is 24.3 Å². The Kier molecular flexibility index (Phi) is 5.09. The monoisotopic (exact) mass is 442 g/mol. The average Bonchev–Trinajstić information content (AvgIpc) is 3.30. The fourth-order valence-corrected chi connectivity index (χ4v) is 4.62. The third-order valence-electron chi connectivity index (χ3n) is 6.20. The quantitative estimate of drug-likeness (QED) is 0.436. The van der Waals surface area contributed by atoms with Crippen LogP contribution in [-0.4, -0.2) is 32.9 Å². The number of amides is 1. The van der Waals surface area contributed by atoms with E-state index in [4.69, 9.17) is 0 Å². The lowest BCUT2D eigenvalue weighted by atomic mass is 9.91. The lowest BCUT2D eigenvalue weighted by molar-refractivity contribution is -0.137. The van der Waals surface area contributed by atoms with E-state index in [0.29, 0.717) is 34.5 Å². The third-order valence-corrected chi connectivity index (χ3v) is 6.20. The van der Waals surface area contributed by atoms with Crippen LogP contribution in [0.1, 0.15) is 52.1 Å². The molecule has 0 fully saturated rings. The number of rotatable bonds is 5. The van der Waals surface area contributed by atoms with Crippen molar-refractivity contribution in [2.75, 3.05) is 5.32 Å². The number of H-pyrrole nitrogens is 1. The normalized spacial score (nSPS) is 15.9. The molecule has 1 amide bonds. The summed E-state index contributed by atoms with van der Waals surface area (Å²) < 4.78 is 0. The van der Waals surface area contributed by atoms with Gasteiger partial charge in [0.1, 0.15) is 5.75 Å². The number of hydrogen-bond donors (Lipinski definition) is 4. The van der Waals surface area contributed by atoms with Crippen LogP contribution in [0.15, 0.2) is 42.5 Å². The summed E-state index contributed by atoms with van der Waals surface area (Å²) in [5, 5.41) is 21.6. The Morgan fingerprint density at radius 1 is 1.03 bits per heavy atom. The number of aromatic amines is 1. The van der Waals surface area contributed by atoms with Gasteiger partial charge in [-0.25, -0.2) is 0 Å². The molecule has 0 atom stereocenters. The molecular formula is C26H22N2O5. The summed E-state index contributed by atoms with van der Waals surface area (Å²) in [4.78, 5) is 39.9. The van der Waals surface area contributed by atoms with Gasteiger partial charge in [0.25, 0.3) is 5.91 Å². The van der Waals surface area contributed by atoms with Crippen molar-refractivity contribution in [3.05, 3.63) is 70.5 Å². The molecule has 2 aliphatic rings. The number of aromatic nitrogens is 1. The Labute approximate surface area is 189 Å². The number of benzene rings is 2. The molecule has 0 saturated carbocycles. The van der Waals surface area contributed by atoms with Gasteiger partial charge in [-0.3, -0.25) is 14.4 Å². The highest BCUT2D eigenvalue weighted by atomic mass is 16.4. The minimum atomic E-state index is -0.933. The van der Waals surface area contributed by atoms with E-state index in [1.807, 2.05) is 18.2 Å². The molecule has 33 heavy (non-hydrogen) atoms. The van der Waals surface area contributed by atoms with Crippen molar-refractivity contribution in [1.82, 2.24) is 4.98 Å². The van der Waals surface area contributed by atoms with Crippen molar-refractivity contribution < 1.29 is 24.6 Å².